The van der Waals surface area contributed by atoms with Crippen molar-refractivity contribution in [1.29, 1.82) is 0 Å². The maximum absolute atomic E-state index is 10.7. The van der Waals surface area contributed by atoms with Gasteiger partial charge in [0, 0.05) is 18.5 Å². The Balaban J connectivity index is 1.53. The molecule has 0 bridgehead atoms. The van der Waals surface area contributed by atoms with Crippen LogP contribution in [0.2, 0.25) is 0 Å². The third-order valence-electron chi connectivity index (χ3n) is 3.91. The molecule has 6 heteroatoms. The molecule has 1 heterocycles. The van der Waals surface area contributed by atoms with Crippen molar-refractivity contribution in [3.63, 3.8) is 0 Å². The van der Waals surface area contributed by atoms with Crippen LogP contribution in [0.4, 0.5) is 4.79 Å². The first-order valence-corrected chi connectivity index (χ1v) is 8.38. The second-order valence-electron chi connectivity index (χ2n) is 5.85. The Hall–Kier alpha value is -3.28. The van der Waals surface area contributed by atoms with E-state index in [0.717, 1.165) is 28.3 Å². The first-order valence-electron chi connectivity index (χ1n) is 8.38. The number of benzene rings is 2. The van der Waals surface area contributed by atoms with E-state index in [1.165, 1.54) is 0 Å². The summed E-state index contributed by atoms with van der Waals surface area (Å²) in [5.74, 6) is 2.20. The van der Waals surface area contributed by atoms with Gasteiger partial charge < -0.3 is 20.2 Å². The summed E-state index contributed by atoms with van der Waals surface area (Å²) in [5.41, 5.74) is 7.86. The van der Waals surface area contributed by atoms with Crippen LogP contribution in [0.5, 0.6) is 5.75 Å². The van der Waals surface area contributed by atoms with Crippen molar-refractivity contribution in [3.05, 3.63) is 71.6 Å². The van der Waals surface area contributed by atoms with Crippen LogP contribution in [0.1, 0.15) is 17.0 Å². The second kappa shape index (κ2) is 8.20. The topological polar surface area (TPSA) is 90.4 Å². The van der Waals surface area contributed by atoms with Crippen LogP contribution in [-0.4, -0.2) is 17.6 Å². The average Bonchev–Trinajstić information content (AvgIpc) is 3.03. The third-order valence-corrected chi connectivity index (χ3v) is 3.91. The lowest BCUT2D eigenvalue weighted by Crippen LogP contribution is -2.28. The van der Waals surface area contributed by atoms with Gasteiger partial charge >= 0.3 is 6.03 Å². The van der Waals surface area contributed by atoms with Crippen LogP contribution >= 0.6 is 0 Å². The van der Waals surface area contributed by atoms with Gasteiger partial charge in [-0.2, -0.15) is 0 Å². The van der Waals surface area contributed by atoms with Crippen molar-refractivity contribution in [2.75, 3.05) is 6.61 Å². The number of oxazole rings is 1. The van der Waals surface area contributed by atoms with Gasteiger partial charge in [0.2, 0.25) is 5.89 Å². The van der Waals surface area contributed by atoms with E-state index in [4.69, 9.17) is 14.9 Å². The normalized spacial score (nSPS) is 10.5. The predicted octanol–water partition coefficient (Wildman–Crippen LogP) is 3.44. The van der Waals surface area contributed by atoms with Crippen molar-refractivity contribution in [1.82, 2.24) is 10.3 Å². The highest BCUT2D eigenvalue weighted by molar-refractivity contribution is 5.71. The maximum Gasteiger partial charge on any atom is 0.312 e. The number of nitrogens with two attached hydrogens (primary N) is 1. The van der Waals surface area contributed by atoms with Gasteiger partial charge in [-0.05, 0) is 36.8 Å². The van der Waals surface area contributed by atoms with Gasteiger partial charge in [0.25, 0.3) is 0 Å². The van der Waals surface area contributed by atoms with E-state index in [1.807, 2.05) is 61.5 Å². The molecule has 6 nitrogen and oxygen atoms in total. The van der Waals surface area contributed by atoms with Crippen molar-refractivity contribution < 1.29 is 13.9 Å². The Labute approximate surface area is 152 Å². The number of rotatable bonds is 7. The molecule has 0 aliphatic carbocycles. The zero-order chi connectivity index (χ0) is 18.4. The van der Waals surface area contributed by atoms with Gasteiger partial charge in [-0.15, -0.1) is 0 Å². The Morgan fingerprint density at radius 2 is 1.88 bits per heavy atom. The molecule has 134 valence electrons. The van der Waals surface area contributed by atoms with Crippen molar-refractivity contribution >= 4 is 6.03 Å². The molecule has 0 saturated carbocycles. The van der Waals surface area contributed by atoms with Crippen LogP contribution in [0, 0.1) is 6.92 Å². The number of urea groups is 1. The van der Waals surface area contributed by atoms with Crippen LogP contribution < -0.4 is 15.8 Å². The maximum atomic E-state index is 10.7. The molecule has 2 aromatic carbocycles. The highest BCUT2D eigenvalue weighted by Crippen LogP contribution is 2.22. The highest BCUT2D eigenvalue weighted by atomic mass is 16.5. The van der Waals surface area contributed by atoms with Gasteiger partial charge in [0.1, 0.15) is 11.5 Å². The summed E-state index contributed by atoms with van der Waals surface area (Å²) in [6.45, 7) is 2.81. The monoisotopic (exact) mass is 351 g/mol. The first kappa shape index (κ1) is 17.5. The number of nitrogens with one attached hydrogen (secondary N) is 1. The molecular formula is C20H21N3O3. The second-order valence-corrected chi connectivity index (χ2v) is 5.85. The van der Waals surface area contributed by atoms with E-state index in [9.17, 15) is 4.79 Å². The summed E-state index contributed by atoms with van der Waals surface area (Å²) in [6.07, 6.45) is 0.660. The summed E-state index contributed by atoms with van der Waals surface area (Å²) in [5, 5.41) is 2.55. The molecule has 0 unspecified atom stereocenters. The number of ether oxygens (including phenoxy) is 1. The standard InChI is InChI=1S/C20H21N3O3/c1-14-18(23-19(26-14)16-5-3-2-4-6-16)11-12-25-17-9-7-15(8-10-17)13-22-20(21)24/h2-10H,11-13H2,1H3,(H3,21,22,24). The average molecular weight is 351 g/mol. The van der Waals surface area contributed by atoms with E-state index >= 15 is 0 Å². The molecule has 0 spiro atoms. The molecule has 0 aliphatic heterocycles. The fourth-order valence-corrected chi connectivity index (χ4v) is 2.52. The molecule has 26 heavy (non-hydrogen) atoms. The SMILES string of the molecule is Cc1oc(-c2ccccc2)nc1CCOc1ccc(CNC(N)=O)cc1. The number of aromatic nitrogens is 1. The Morgan fingerprint density at radius 1 is 1.15 bits per heavy atom. The number of carbonyl (C=O) groups is 1. The Bertz CT molecular complexity index is 858. The molecule has 0 fully saturated rings. The van der Waals surface area contributed by atoms with Gasteiger partial charge in [0.15, 0.2) is 0 Å². The van der Waals surface area contributed by atoms with Crippen LogP contribution in [0.15, 0.2) is 59.0 Å². The van der Waals surface area contributed by atoms with Crippen LogP contribution in [-0.2, 0) is 13.0 Å². The zero-order valence-corrected chi connectivity index (χ0v) is 14.6. The van der Waals surface area contributed by atoms with Gasteiger partial charge in [-0.3, -0.25) is 0 Å². The van der Waals surface area contributed by atoms with Gasteiger partial charge in [-0.1, -0.05) is 30.3 Å². The van der Waals surface area contributed by atoms with E-state index in [0.29, 0.717) is 25.5 Å². The predicted molar refractivity (Wildman–Crippen MR) is 98.7 cm³/mol. The molecule has 0 aliphatic rings. The van der Waals surface area contributed by atoms with E-state index in [-0.39, 0.29) is 0 Å². The number of aryl methyl sites for hydroxylation is 1. The Morgan fingerprint density at radius 3 is 2.58 bits per heavy atom. The minimum absolute atomic E-state index is 0.399. The molecule has 3 N–H and O–H groups in total. The fourth-order valence-electron chi connectivity index (χ4n) is 2.52. The largest absolute Gasteiger partial charge is 0.493 e. The Kier molecular flexibility index (Phi) is 5.53. The number of primary amides is 1. The zero-order valence-electron chi connectivity index (χ0n) is 14.6. The molecule has 3 aromatic rings. The van der Waals surface area contributed by atoms with Gasteiger partial charge in [0.05, 0.1) is 12.3 Å². The summed E-state index contributed by atoms with van der Waals surface area (Å²) in [7, 11) is 0. The lowest BCUT2D eigenvalue weighted by Gasteiger charge is -2.07. The van der Waals surface area contributed by atoms with Crippen LogP contribution in [0.3, 0.4) is 0 Å². The summed E-state index contributed by atoms with van der Waals surface area (Å²) >= 11 is 0. The van der Waals surface area contributed by atoms with Crippen molar-refractivity contribution in [2.24, 2.45) is 5.73 Å². The van der Waals surface area contributed by atoms with Crippen LogP contribution in [0.25, 0.3) is 11.5 Å². The third kappa shape index (κ3) is 4.63. The molecule has 0 saturated heterocycles. The lowest BCUT2D eigenvalue weighted by molar-refractivity contribution is 0.248. The van der Waals surface area contributed by atoms with Gasteiger partial charge in [-0.25, -0.2) is 9.78 Å². The number of hydrogen-bond acceptors (Lipinski definition) is 4. The number of nitrogens with zero attached hydrogens (tertiary/aromatic N) is 1. The summed E-state index contributed by atoms with van der Waals surface area (Å²) < 4.78 is 11.5. The number of hydrogen-bond donors (Lipinski definition) is 2. The molecule has 2 amide bonds. The van der Waals surface area contributed by atoms with E-state index in [1.54, 1.807) is 0 Å². The molecular weight excluding hydrogens is 330 g/mol. The molecule has 1 aromatic heterocycles. The summed E-state index contributed by atoms with van der Waals surface area (Å²) in [4.78, 5) is 15.3. The highest BCUT2D eigenvalue weighted by Gasteiger charge is 2.11. The van der Waals surface area contributed by atoms with E-state index in [2.05, 4.69) is 10.3 Å². The molecule has 0 atom stereocenters. The minimum atomic E-state index is -0.539. The number of carbonyl (C=O) groups excluding carboxylic acids is 1. The molecule has 0 radical (unpaired) electrons. The minimum Gasteiger partial charge on any atom is -0.493 e. The number of amides is 2. The molecule has 3 rings (SSSR count). The fraction of sp³-hybridized carbons (Fsp3) is 0.200. The van der Waals surface area contributed by atoms with E-state index < -0.39 is 6.03 Å². The lowest BCUT2D eigenvalue weighted by atomic mass is 10.2. The quantitative estimate of drug-likeness (QED) is 0.682. The van der Waals surface area contributed by atoms with Crippen molar-refractivity contribution in [2.45, 2.75) is 19.9 Å². The smallest absolute Gasteiger partial charge is 0.312 e. The summed E-state index contributed by atoms with van der Waals surface area (Å²) in [6, 6.07) is 16.8. The van der Waals surface area contributed by atoms with Crippen molar-refractivity contribution in [3.8, 4) is 17.2 Å². The first-order chi connectivity index (χ1) is 12.6.